The van der Waals surface area contributed by atoms with Crippen LogP contribution in [0.1, 0.15) is 42.9 Å². The van der Waals surface area contributed by atoms with Gasteiger partial charge in [-0.15, -0.1) is 11.3 Å². The van der Waals surface area contributed by atoms with Crippen molar-refractivity contribution in [1.29, 1.82) is 0 Å². The molecule has 2 rings (SSSR count). The molecule has 0 amide bonds. The fourth-order valence-electron chi connectivity index (χ4n) is 2.47. The molecular formula is C14H24N2S. The molecule has 0 saturated carbocycles. The van der Waals surface area contributed by atoms with Crippen molar-refractivity contribution in [1.82, 2.24) is 4.90 Å². The summed E-state index contributed by atoms with van der Waals surface area (Å²) in [5.74, 6) is 0. The van der Waals surface area contributed by atoms with Crippen molar-refractivity contribution in [3.8, 4) is 0 Å². The Labute approximate surface area is 109 Å². The average molecular weight is 252 g/mol. The van der Waals surface area contributed by atoms with Gasteiger partial charge in [0.15, 0.2) is 0 Å². The van der Waals surface area contributed by atoms with Crippen LogP contribution in [0.15, 0.2) is 12.1 Å². The van der Waals surface area contributed by atoms with E-state index in [9.17, 15) is 0 Å². The molecule has 17 heavy (non-hydrogen) atoms. The first-order valence-corrected chi connectivity index (χ1v) is 7.41. The number of thiophene rings is 1. The third-order valence-electron chi connectivity index (χ3n) is 3.73. The van der Waals surface area contributed by atoms with E-state index in [0.29, 0.717) is 12.0 Å². The highest BCUT2D eigenvalue weighted by Gasteiger charge is 2.23. The quantitative estimate of drug-likeness (QED) is 0.895. The minimum Gasteiger partial charge on any atom is -0.326 e. The zero-order chi connectivity index (χ0) is 12.3. The van der Waals surface area contributed by atoms with Crippen molar-refractivity contribution in [2.45, 2.75) is 46.2 Å². The molecule has 1 aliphatic rings. The van der Waals surface area contributed by atoms with Crippen LogP contribution in [-0.2, 0) is 13.1 Å². The Hall–Kier alpha value is -0.380. The van der Waals surface area contributed by atoms with Gasteiger partial charge in [0.05, 0.1) is 0 Å². The van der Waals surface area contributed by atoms with Gasteiger partial charge in [-0.2, -0.15) is 0 Å². The van der Waals surface area contributed by atoms with Crippen LogP contribution in [0.4, 0.5) is 0 Å². The molecule has 2 nitrogen and oxygen atoms in total. The van der Waals surface area contributed by atoms with Crippen molar-refractivity contribution in [2.75, 3.05) is 13.1 Å². The number of rotatable bonds is 3. The Morgan fingerprint density at radius 2 is 2.00 bits per heavy atom. The predicted molar refractivity (Wildman–Crippen MR) is 75.1 cm³/mol. The smallest absolute Gasteiger partial charge is 0.0328 e. The fraction of sp³-hybridized carbons (Fsp3) is 0.714. The van der Waals surface area contributed by atoms with E-state index in [1.807, 2.05) is 11.3 Å². The van der Waals surface area contributed by atoms with Crippen LogP contribution in [0.2, 0.25) is 0 Å². The van der Waals surface area contributed by atoms with Gasteiger partial charge in [0.25, 0.3) is 0 Å². The van der Waals surface area contributed by atoms with Gasteiger partial charge in [-0.3, -0.25) is 4.90 Å². The summed E-state index contributed by atoms with van der Waals surface area (Å²) in [6.45, 7) is 9.07. The Kier molecular flexibility index (Phi) is 4.23. The number of hydrogen-bond donors (Lipinski definition) is 1. The molecule has 3 heteroatoms. The minimum atomic E-state index is 0.534. The van der Waals surface area contributed by atoms with Gasteiger partial charge in [0.1, 0.15) is 0 Å². The minimum absolute atomic E-state index is 0.534. The number of nitrogens with zero attached hydrogens (tertiary/aromatic N) is 1. The maximum Gasteiger partial charge on any atom is 0.0328 e. The molecule has 0 bridgehead atoms. The molecule has 1 saturated heterocycles. The van der Waals surface area contributed by atoms with Gasteiger partial charge < -0.3 is 5.73 Å². The first-order chi connectivity index (χ1) is 8.09. The lowest BCUT2D eigenvalue weighted by Crippen LogP contribution is -2.24. The molecule has 0 atom stereocenters. The van der Waals surface area contributed by atoms with E-state index in [2.05, 4.69) is 30.9 Å². The molecule has 0 unspecified atom stereocenters. The number of hydrogen-bond acceptors (Lipinski definition) is 3. The first kappa shape index (κ1) is 13.1. The van der Waals surface area contributed by atoms with E-state index in [-0.39, 0.29) is 0 Å². The van der Waals surface area contributed by atoms with Gasteiger partial charge in [-0.1, -0.05) is 13.8 Å². The summed E-state index contributed by atoms with van der Waals surface area (Å²) in [5.41, 5.74) is 6.19. The topological polar surface area (TPSA) is 29.3 Å². The normalized spacial score (nSPS) is 21.4. The van der Waals surface area contributed by atoms with Crippen molar-refractivity contribution >= 4 is 11.3 Å². The van der Waals surface area contributed by atoms with Crippen LogP contribution < -0.4 is 5.73 Å². The molecule has 1 fully saturated rings. The Morgan fingerprint density at radius 3 is 2.71 bits per heavy atom. The molecule has 0 aromatic carbocycles. The SMILES string of the molecule is CC1(C)CCCN(Cc2ccc(CN)s2)CC1. The van der Waals surface area contributed by atoms with Gasteiger partial charge in [-0.25, -0.2) is 0 Å². The van der Waals surface area contributed by atoms with E-state index in [4.69, 9.17) is 5.73 Å². The maximum absolute atomic E-state index is 5.65. The molecule has 0 radical (unpaired) electrons. The van der Waals surface area contributed by atoms with E-state index in [1.54, 1.807) is 0 Å². The Morgan fingerprint density at radius 1 is 1.24 bits per heavy atom. The van der Waals surface area contributed by atoms with Crippen molar-refractivity contribution in [3.05, 3.63) is 21.9 Å². The zero-order valence-corrected chi connectivity index (χ0v) is 11.9. The van der Waals surface area contributed by atoms with Gasteiger partial charge in [-0.05, 0) is 49.9 Å². The molecule has 1 aromatic rings. The molecule has 0 spiro atoms. The predicted octanol–water partition coefficient (Wildman–Crippen LogP) is 3.22. The van der Waals surface area contributed by atoms with Crippen LogP contribution in [0.3, 0.4) is 0 Å². The van der Waals surface area contributed by atoms with Crippen molar-refractivity contribution < 1.29 is 0 Å². The Balaban J connectivity index is 1.90. The molecule has 1 aromatic heterocycles. The first-order valence-electron chi connectivity index (χ1n) is 6.59. The lowest BCUT2D eigenvalue weighted by atomic mass is 9.85. The molecule has 1 aliphatic heterocycles. The van der Waals surface area contributed by atoms with Crippen LogP contribution >= 0.6 is 11.3 Å². The average Bonchev–Trinajstić information content (AvgIpc) is 2.66. The van der Waals surface area contributed by atoms with Crippen molar-refractivity contribution in [2.24, 2.45) is 11.1 Å². The third kappa shape index (κ3) is 3.80. The molecule has 2 N–H and O–H groups in total. The molecule has 2 heterocycles. The van der Waals surface area contributed by atoms with E-state index in [0.717, 1.165) is 6.54 Å². The largest absolute Gasteiger partial charge is 0.326 e. The summed E-state index contributed by atoms with van der Waals surface area (Å²) in [6.07, 6.45) is 4.02. The Bertz CT molecular complexity index is 357. The number of likely N-dealkylation sites (tertiary alicyclic amines) is 1. The molecular weight excluding hydrogens is 228 g/mol. The second kappa shape index (κ2) is 5.51. The molecule has 0 aliphatic carbocycles. The standard InChI is InChI=1S/C14H24N2S/c1-14(2)6-3-8-16(9-7-14)11-13-5-4-12(10-15)17-13/h4-5H,3,6-11,15H2,1-2H3. The lowest BCUT2D eigenvalue weighted by molar-refractivity contribution is 0.257. The second-order valence-corrected chi connectivity index (χ2v) is 7.12. The zero-order valence-electron chi connectivity index (χ0n) is 11.0. The summed E-state index contributed by atoms with van der Waals surface area (Å²) in [5, 5.41) is 0. The second-order valence-electron chi connectivity index (χ2n) is 5.87. The highest BCUT2D eigenvalue weighted by atomic mass is 32.1. The van der Waals surface area contributed by atoms with Crippen LogP contribution in [0.25, 0.3) is 0 Å². The van der Waals surface area contributed by atoms with Crippen LogP contribution in [0.5, 0.6) is 0 Å². The summed E-state index contributed by atoms with van der Waals surface area (Å²) < 4.78 is 0. The fourth-order valence-corrected chi connectivity index (χ4v) is 3.41. The summed E-state index contributed by atoms with van der Waals surface area (Å²) in [7, 11) is 0. The van der Waals surface area contributed by atoms with Crippen molar-refractivity contribution in [3.63, 3.8) is 0 Å². The summed E-state index contributed by atoms with van der Waals surface area (Å²) in [6, 6.07) is 4.41. The third-order valence-corrected chi connectivity index (χ3v) is 4.82. The van der Waals surface area contributed by atoms with E-state index >= 15 is 0 Å². The van der Waals surface area contributed by atoms with Crippen LogP contribution in [-0.4, -0.2) is 18.0 Å². The maximum atomic E-state index is 5.65. The highest BCUT2D eigenvalue weighted by molar-refractivity contribution is 7.11. The molecule has 96 valence electrons. The van der Waals surface area contributed by atoms with Crippen LogP contribution in [0, 0.1) is 5.41 Å². The summed E-state index contributed by atoms with van der Waals surface area (Å²) in [4.78, 5) is 5.36. The van der Waals surface area contributed by atoms with Gasteiger partial charge in [0, 0.05) is 22.8 Å². The monoisotopic (exact) mass is 252 g/mol. The summed E-state index contributed by atoms with van der Waals surface area (Å²) >= 11 is 1.87. The van der Waals surface area contributed by atoms with E-state index < -0.39 is 0 Å². The lowest BCUT2D eigenvalue weighted by Gasteiger charge is -2.22. The highest BCUT2D eigenvalue weighted by Crippen LogP contribution is 2.30. The van der Waals surface area contributed by atoms with Gasteiger partial charge in [0.2, 0.25) is 0 Å². The number of nitrogens with two attached hydrogens (primary N) is 1. The van der Waals surface area contributed by atoms with Gasteiger partial charge >= 0.3 is 0 Å². The van der Waals surface area contributed by atoms with E-state index in [1.165, 1.54) is 42.1 Å².